The third-order valence-corrected chi connectivity index (χ3v) is 1.10. The molecule has 3 N–H and O–H groups in total. The summed E-state index contributed by atoms with van der Waals surface area (Å²) in [4.78, 5) is 29.7. The highest BCUT2D eigenvalue weighted by Gasteiger charge is 2.00. The standard InChI is InChI=1S/C7H10N2.H3O4P/c1-6(2)7-8-4-3-5-9-7;1-5(2,3)4/h3-6H,1-2H3;(H3,1,2,3,4). The Morgan fingerprint density at radius 2 is 1.57 bits per heavy atom. The molecule has 0 aliphatic carbocycles. The van der Waals surface area contributed by atoms with E-state index < -0.39 is 7.82 Å². The monoisotopic (exact) mass is 220 g/mol. The van der Waals surface area contributed by atoms with Crippen molar-refractivity contribution in [2.75, 3.05) is 0 Å². The van der Waals surface area contributed by atoms with Gasteiger partial charge in [0.15, 0.2) is 0 Å². The van der Waals surface area contributed by atoms with Crippen LogP contribution in [0.3, 0.4) is 0 Å². The van der Waals surface area contributed by atoms with Crippen LogP contribution in [0.1, 0.15) is 25.6 Å². The Morgan fingerprint density at radius 1 is 1.21 bits per heavy atom. The molecule has 0 bridgehead atoms. The zero-order valence-electron chi connectivity index (χ0n) is 7.90. The fraction of sp³-hybridized carbons (Fsp3) is 0.429. The maximum atomic E-state index is 8.88. The zero-order chi connectivity index (χ0) is 11.2. The van der Waals surface area contributed by atoms with Crippen molar-refractivity contribution in [2.24, 2.45) is 0 Å². The van der Waals surface area contributed by atoms with Gasteiger partial charge in [0.25, 0.3) is 0 Å². The minimum atomic E-state index is -4.64. The van der Waals surface area contributed by atoms with E-state index in [1.165, 1.54) is 0 Å². The zero-order valence-corrected chi connectivity index (χ0v) is 8.80. The fourth-order valence-corrected chi connectivity index (χ4v) is 0.609. The summed E-state index contributed by atoms with van der Waals surface area (Å²) < 4.78 is 8.88. The molecule has 1 rings (SSSR count). The van der Waals surface area contributed by atoms with Crippen molar-refractivity contribution in [2.45, 2.75) is 19.8 Å². The van der Waals surface area contributed by atoms with Gasteiger partial charge >= 0.3 is 7.82 Å². The predicted octanol–water partition coefficient (Wildman–Crippen LogP) is 0.671. The molecule has 0 atom stereocenters. The minimum absolute atomic E-state index is 0.436. The topological polar surface area (TPSA) is 104 Å². The van der Waals surface area contributed by atoms with Crippen LogP contribution in [0.2, 0.25) is 0 Å². The van der Waals surface area contributed by atoms with Crippen LogP contribution in [-0.2, 0) is 4.57 Å². The first kappa shape index (κ1) is 13.2. The van der Waals surface area contributed by atoms with Crippen LogP contribution < -0.4 is 0 Å². The second kappa shape index (κ2) is 5.82. The van der Waals surface area contributed by atoms with Gasteiger partial charge in [0.1, 0.15) is 5.82 Å². The molecule has 14 heavy (non-hydrogen) atoms. The Bertz CT molecular complexity index is 290. The molecule has 1 heterocycles. The average Bonchev–Trinajstić information content (AvgIpc) is 2.03. The molecule has 1 aromatic heterocycles. The van der Waals surface area contributed by atoms with Crippen LogP contribution in [0.4, 0.5) is 0 Å². The number of rotatable bonds is 1. The molecule has 0 aliphatic heterocycles. The van der Waals surface area contributed by atoms with Gasteiger partial charge < -0.3 is 14.7 Å². The van der Waals surface area contributed by atoms with Gasteiger partial charge in [-0.3, -0.25) is 0 Å². The first-order valence-electron chi connectivity index (χ1n) is 3.86. The quantitative estimate of drug-likeness (QED) is 0.601. The van der Waals surface area contributed by atoms with E-state index in [0.29, 0.717) is 5.92 Å². The summed E-state index contributed by atoms with van der Waals surface area (Å²) in [6.45, 7) is 4.16. The molecular formula is C7H13N2O4P. The van der Waals surface area contributed by atoms with Crippen molar-refractivity contribution in [1.29, 1.82) is 0 Å². The van der Waals surface area contributed by atoms with E-state index >= 15 is 0 Å². The summed E-state index contributed by atoms with van der Waals surface area (Å²) in [5.74, 6) is 1.35. The Kier molecular flexibility index (Phi) is 5.49. The summed E-state index contributed by atoms with van der Waals surface area (Å²) in [6, 6.07) is 1.83. The van der Waals surface area contributed by atoms with Gasteiger partial charge in [-0.05, 0) is 6.07 Å². The minimum Gasteiger partial charge on any atom is -0.303 e. The fourth-order valence-electron chi connectivity index (χ4n) is 0.609. The number of phosphoric acid groups is 1. The lowest BCUT2D eigenvalue weighted by Gasteiger charge is -1.98. The second-order valence-corrected chi connectivity index (χ2v) is 3.80. The molecule has 0 amide bonds. The Morgan fingerprint density at radius 3 is 1.79 bits per heavy atom. The highest BCUT2D eigenvalue weighted by atomic mass is 31.2. The predicted molar refractivity (Wildman–Crippen MR) is 50.4 cm³/mol. The first-order chi connectivity index (χ1) is 6.30. The molecule has 6 nitrogen and oxygen atoms in total. The lowest BCUT2D eigenvalue weighted by atomic mass is 10.2. The number of hydrogen-bond donors (Lipinski definition) is 3. The summed E-state index contributed by atoms with van der Waals surface area (Å²) in [6.07, 6.45) is 3.53. The molecule has 0 saturated heterocycles. The number of nitrogens with zero attached hydrogens (tertiary/aromatic N) is 2. The lowest BCUT2D eigenvalue weighted by Crippen LogP contribution is -1.93. The summed E-state index contributed by atoms with van der Waals surface area (Å²) in [7, 11) is -4.64. The number of hydrogen-bond acceptors (Lipinski definition) is 3. The Labute approximate surface area is 81.9 Å². The Hall–Kier alpha value is -0.810. The highest BCUT2D eigenvalue weighted by Crippen LogP contribution is 2.25. The molecule has 0 fully saturated rings. The van der Waals surface area contributed by atoms with Gasteiger partial charge in [0.05, 0.1) is 0 Å². The lowest BCUT2D eigenvalue weighted by molar-refractivity contribution is 0.275. The molecule has 0 aromatic carbocycles. The second-order valence-electron chi connectivity index (χ2n) is 2.77. The van der Waals surface area contributed by atoms with Crippen molar-refractivity contribution in [1.82, 2.24) is 9.97 Å². The maximum Gasteiger partial charge on any atom is 0.466 e. The van der Waals surface area contributed by atoms with Crippen LogP contribution in [0.25, 0.3) is 0 Å². The van der Waals surface area contributed by atoms with Gasteiger partial charge in [0.2, 0.25) is 0 Å². The van der Waals surface area contributed by atoms with Crippen LogP contribution in [0, 0.1) is 0 Å². The van der Waals surface area contributed by atoms with Crippen molar-refractivity contribution < 1.29 is 19.2 Å². The molecule has 0 aliphatic rings. The van der Waals surface area contributed by atoms with Gasteiger partial charge in [-0.15, -0.1) is 0 Å². The SMILES string of the molecule is CC(C)c1ncccn1.O=P(O)(O)O. The van der Waals surface area contributed by atoms with Crippen LogP contribution >= 0.6 is 7.82 Å². The van der Waals surface area contributed by atoms with E-state index in [9.17, 15) is 0 Å². The van der Waals surface area contributed by atoms with E-state index in [1.807, 2.05) is 6.07 Å². The molecule has 0 radical (unpaired) electrons. The summed E-state index contributed by atoms with van der Waals surface area (Å²) in [5, 5.41) is 0. The summed E-state index contributed by atoms with van der Waals surface area (Å²) >= 11 is 0. The van der Waals surface area contributed by atoms with Crippen molar-refractivity contribution in [3.63, 3.8) is 0 Å². The van der Waals surface area contributed by atoms with Crippen molar-refractivity contribution in [3.8, 4) is 0 Å². The van der Waals surface area contributed by atoms with Crippen LogP contribution in [0.15, 0.2) is 18.5 Å². The van der Waals surface area contributed by atoms with Gasteiger partial charge in [-0.25, -0.2) is 14.5 Å². The van der Waals surface area contributed by atoms with E-state index in [4.69, 9.17) is 19.2 Å². The normalized spacial score (nSPS) is 10.7. The van der Waals surface area contributed by atoms with Gasteiger partial charge in [0, 0.05) is 18.3 Å². The maximum absolute atomic E-state index is 8.88. The van der Waals surface area contributed by atoms with Crippen molar-refractivity contribution in [3.05, 3.63) is 24.3 Å². The van der Waals surface area contributed by atoms with E-state index in [0.717, 1.165) is 5.82 Å². The smallest absolute Gasteiger partial charge is 0.303 e. The van der Waals surface area contributed by atoms with E-state index in [1.54, 1.807) is 12.4 Å². The highest BCUT2D eigenvalue weighted by molar-refractivity contribution is 7.45. The van der Waals surface area contributed by atoms with Crippen LogP contribution in [-0.4, -0.2) is 24.6 Å². The first-order valence-corrected chi connectivity index (χ1v) is 5.42. The van der Waals surface area contributed by atoms with E-state index in [-0.39, 0.29) is 0 Å². The molecule has 80 valence electrons. The Balaban J connectivity index is 0.000000292. The largest absolute Gasteiger partial charge is 0.466 e. The van der Waals surface area contributed by atoms with Gasteiger partial charge in [-0.2, -0.15) is 0 Å². The molecule has 7 heteroatoms. The molecule has 0 spiro atoms. The molecular weight excluding hydrogens is 207 g/mol. The summed E-state index contributed by atoms with van der Waals surface area (Å²) in [5.41, 5.74) is 0. The van der Waals surface area contributed by atoms with Crippen LogP contribution in [0.5, 0.6) is 0 Å². The number of aromatic nitrogens is 2. The molecule has 1 aromatic rings. The molecule has 0 unspecified atom stereocenters. The third-order valence-electron chi connectivity index (χ3n) is 1.10. The molecule has 0 saturated carbocycles. The van der Waals surface area contributed by atoms with Gasteiger partial charge in [-0.1, -0.05) is 13.8 Å². The average molecular weight is 220 g/mol. The van der Waals surface area contributed by atoms with Crippen molar-refractivity contribution >= 4 is 7.82 Å². The van der Waals surface area contributed by atoms with E-state index in [2.05, 4.69) is 23.8 Å². The third kappa shape index (κ3) is 9.28.